The first-order valence-electron chi connectivity index (χ1n) is 25.3. The van der Waals surface area contributed by atoms with Gasteiger partial charge in [-0.1, -0.05) is 68.9 Å². The van der Waals surface area contributed by atoms with Gasteiger partial charge in [-0.25, -0.2) is 14.8 Å². The number of ether oxygens (including phenoxy) is 2. The van der Waals surface area contributed by atoms with Gasteiger partial charge in [0.25, 0.3) is 0 Å². The van der Waals surface area contributed by atoms with Gasteiger partial charge in [0.2, 0.25) is 23.6 Å². The molecule has 0 radical (unpaired) electrons. The third-order valence-electron chi connectivity index (χ3n) is 13.3. The van der Waals surface area contributed by atoms with Crippen molar-refractivity contribution in [1.82, 2.24) is 35.5 Å². The first-order chi connectivity index (χ1) is 35.6. The average molecular weight is 1040 g/mol. The molecule has 2 fully saturated rings. The number of amides is 5. The summed E-state index contributed by atoms with van der Waals surface area (Å²) in [6.45, 7) is 9.98. The molecule has 1 aliphatic heterocycles. The zero-order chi connectivity index (χ0) is 52.4. The van der Waals surface area contributed by atoms with Crippen LogP contribution in [-0.2, 0) is 36.9 Å². The third-order valence-corrected chi connectivity index (χ3v) is 15.2. The molecule has 4 aromatic heterocycles. The molecule has 390 valence electrons. The Balaban J connectivity index is 0.741. The second-order valence-electron chi connectivity index (χ2n) is 20.2. The van der Waals surface area contributed by atoms with Gasteiger partial charge in [0.15, 0.2) is 5.13 Å². The Hall–Kier alpha value is -6.83. The van der Waals surface area contributed by atoms with Crippen molar-refractivity contribution >= 4 is 73.4 Å². The SMILES string of the molecule is Cc1ncc(-c2ccc3nc(NC(=O)CCCCCOc4ccc(CC(=O)N[C@H](C(=O)N5C[C@H](O)C[C@H]5C(=O)NCc5ccc(-c6scnc6C)cc5)C(C)(C)C)nc4)sc3c2)cc1NC(=O)OC1CCCCC1. The molecule has 5 amide bonds. The van der Waals surface area contributed by atoms with Gasteiger partial charge in [-0.05, 0) is 111 Å². The van der Waals surface area contributed by atoms with E-state index in [9.17, 15) is 29.1 Å². The van der Waals surface area contributed by atoms with Crippen LogP contribution in [0.25, 0.3) is 31.8 Å². The summed E-state index contributed by atoms with van der Waals surface area (Å²) in [5.41, 5.74) is 8.27. The number of likely N-dealkylation sites (tertiary alicyclic amines) is 1. The number of fused-ring (bicyclic) bond motifs is 1. The standard InChI is InChI=1S/C55H65N9O8S2/c1-33-44(61-54(70)72-41-12-8-6-9-13-41)24-38(29-56-33)37-19-22-43-46(25-37)74-53(60-43)63-47(66)14-10-7-11-23-71-42-21-20-39(57-30-42)26-48(67)62-50(55(3,4)5)52(69)64-31-40(65)27-45(64)51(68)58-28-35-15-17-36(18-16-35)49-34(2)59-32-73-49/h15-22,24-25,29-30,32,40-41,45,50,65H,6-14,23,26-28,31H2,1-5H3,(H,58,68)(H,61,70)(H,62,67)(H,60,63,66)/t40-,45+,50-/m1/s1. The van der Waals surface area contributed by atoms with Crippen LogP contribution in [0.5, 0.6) is 5.75 Å². The number of carbonyl (C=O) groups is 5. The monoisotopic (exact) mass is 1040 g/mol. The van der Waals surface area contributed by atoms with E-state index >= 15 is 0 Å². The maximum absolute atomic E-state index is 14.1. The van der Waals surface area contributed by atoms with E-state index in [1.807, 2.05) is 88.7 Å². The summed E-state index contributed by atoms with van der Waals surface area (Å²) in [7, 11) is 0. The minimum absolute atomic E-state index is 0.0222. The Morgan fingerprint density at radius 2 is 1.62 bits per heavy atom. The van der Waals surface area contributed by atoms with Gasteiger partial charge in [0.1, 0.15) is 23.9 Å². The maximum atomic E-state index is 14.1. The molecule has 19 heteroatoms. The summed E-state index contributed by atoms with van der Waals surface area (Å²) in [6.07, 6.45) is 9.52. The zero-order valence-corrected chi connectivity index (χ0v) is 44.2. The van der Waals surface area contributed by atoms with Crippen molar-refractivity contribution in [1.29, 1.82) is 0 Å². The number of benzene rings is 2. The number of aryl methyl sites for hydroxylation is 2. The molecule has 0 unspecified atom stereocenters. The number of aliphatic hydroxyl groups is 1. The number of aromatic nitrogens is 4. The lowest BCUT2D eigenvalue weighted by molar-refractivity contribution is -0.144. The van der Waals surface area contributed by atoms with Crippen LogP contribution < -0.4 is 26.0 Å². The third kappa shape index (κ3) is 14.3. The number of nitrogens with zero attached hydrogens (tertiary/aromatic N) is 5. The summed E-state index contributed by atoms with van der Waals surface area (Å²) in [4.78, 5) is 86.9. The van der Waals surface area contributed by atoms with Crippen molar-refractivity contribution < 1.29 is 38.6 Å². The number of anilines is 2. The minimum atomic E-state index is -0.971. The van der Waals surface area contributed by atoms with Crippen LogP contribution in [0.15, 0.2) is 78.6 Å². The van der Waals surface area contributed by atoms with Crippen molar-refractivity contribution in [3.8, 4) is 27.3 Å². The highest BCUT2D eigenvalue weighted by molar-refractivity contribution is 7.22. The Kier molecular flexibility index (Phi) is 17.7. The number of hydrogen-bond acceptors (Lipinski definition) is 14. The lowest BCUT2D eigenvalue weighted by atomic mass is 9.85. The molecule has 5 heterocycles. The molecule has 0 spiro atoms. The van der Waals surface area contributed by atoms with E-state index in [0.717, 1.165) is 81.6 Å². The number of nitrogens with one attached hydrogen (secondary N) is 4. The van der Waals surface area contributed by atoms with Crippen molar-refractivity contribution in [2.24, 2.45) is 5.41 Å². The Bertz CT molecular complexity index is 2930. The van der Waals surface area contributed by atoms with E-state index in [1.54, 1.807) is 35.9 Å². The van der Waals surface area contributed by atoms with E-state index in [1.165, 1.54) is 22.7 Å². The molecule has 1 saturated heterocycles. The van der Waals surface area contributed by atoms with E-state index < -0.39 is 41.5 Å². The van der Waals surface area contributed by atoms with Crippen molar-refractivity contribution in [2.75, 3.05) is 23.8 Å². The normalized spacial score (nSPS) is 16.4. The summed E-state index contributed by atoms with van der Waals surface area (Å²) in [5, 5.41) is 22.8. The molecule has 5 N–H and O–H groups in total. The molecule has 6 aromatic rings. The van der Waals surface area contributed by atoms with Crippen LogP contribution in [-0.4, -0.2) is 97.1 Å². The van der Waals surface area contributed by atoms with Crippen LogP contribution in [0.3, 0.4) is 0 Å². The number of unbranched alkanes of at least 4 members (excludes halogenated alkanes) is 2. The molecular formula is C55H65N9O8S2. The van der Waals surface area contributed by atoms with Crippen LogP contribution in [0.1, 0.15) is 108 Å². The van der Waals surface area contributed by atoms with E-state index in [4.69, 9.17) is 9.47 Å². The van der Waals surface area contributed by atoms with Crippen molar-refractivity contribution in [3.63, 3.8) is 0 Å². The number of pyridine rings is 2. The number of hydrogen-bond donors (Lipinski definition) is 5. The van der Waals surface area contributed by atoms with Gasteiger partial charge in [-0.2, -0.15) is 0 Å². The number of rotatable bonds is 19. The fourth-order valence-corrected chi connectivity index (χ4v) is 10.9. The van der Waals surface area contributed by atoms with E-state index in [-0.39, 0.29) is 43.8 Å². The highest BCUT2D eigenvalue weighted by atomic mass is 32.1. The second-order valence-corrected chi connectivity index (χ2v) is 22.0. The zero-order valence-electron chi connectivity index (χ0n) is 42.6. The van der Waals surface area contributed by atoms with Crippen LogP contribution >= 0.6 is 22.7 Å². The molecule has 0 bridgehead atoms. The largest absolute Gasteiger partial charge is 0.492 e. The van der Waals surface area contributed by atoms with Gasteiger partial charge in [0.05, 0.1) is 63.0 Å². The fourth-order valence-electron chi connectivity index (χ4n) is 9.14. The molecule has 1 aliphatic carbocycles. The Morgan fingerprint density at radius 3 is 2.35 bits per heavy atom. The second kappa shape index (κ2) is 24.5. The summed E-state index contributed by atoms with van der Waals surface area (Å²) >= 11 is 2.96. The number of aliphatic hydroxyl groups excluding tert-OH is 1. The Labute approximate surface area is 439 Å². The average Bonchev–Trinajstić information content (AvgIpc) is 4.12. The van der Waals surface area contributed by atoms with Gasteiger partial charge >= 0.3 is 6.09 Å². The molecule has 3 atom stereocenters. The summed E-state index contributed by atoms with van der Waals surface area (Å²) in [5.74, 6) is -0.804. The molecule has 2 aliphatic rings. The van der Waals surface area contributed by atoms with Gasteiger partial charge in [-0.15, -0.1) is 11.3 Å². The quantitative estimate of drug-likeness (QED) is 0.0479. The summed E-state index contributed by atoms with van der Waals surface area (Å²) < 4.78 is 12.5. The number of carbonyl (C=O) groups excluding carboxylic acids is 5. The first-order valence-corrected chi connectivity index (χ1v) is 27.0. The minimum Gasteiger partial charge on any atom is -0.492 e. The molecule has 74 heavy (non-hydrogen) atoms. The lowest BCUT2D eigenvalue weighted by Crippen LogP contribution is -2.58. The Morgan fingerprint density at radius 1 is 0.838 bits per heavy atom. The van der Waals surface area contributed by atoms with Gasteiger partial charge in [0, 0.05) is 43.4 Å². The topological polar surface area (TPSA) is 227 Å². The van der Waals surface area contributed by atoms with Gasteiger partial charge < -0.3 is 35.4 Å². The van der Waals surface area contributed by atoms with Crippen LogP contribution in [0.2, 0.25) is 0 Å². The van der Waals surface area contributed by atoms with E-state index in [2.05, 4.69) is 41.2 Å². The number of β-amino-alcohol motifs (C(OH)–C–C–N with tert-alkyl or cyclic N) is 1. The fraction of sp³-hybridized carbons (Fsp3) is 0.436. The van der Waals surface area contributed by atoms with Crippen LogP contribution in [0, 0.1) is 19.3 Å². The molecule has 1 saturated carbocycles. The highest BCUT2D eigenvalue weighted by Gasteiger charge is 2.44. The van der Waals surface area contributed by atoms with Crippen molar-refractivity contribution in [3.05, 3.63) is 101 Å². The number of thiazole rings is 2. The van der Waals surface area contributed by atoms with Crippen molar-refractivity contribution in [2.45, 2.75) is 136 Å². The smallest absolute Gasteiger partial charge is 0.411 e. The molecule has 2 aromatic carbocycles. The molecular weight excluding hydrogens is 979 g/mol. The predicted octanol–water partition coefficient (Wildman–Crippen LogP) is 9.30. The molecule has 8 rings (SSSR count). The van der Waals surface area contributed by atoms with Crippen LogP contribution in [0.4, 0.5) is 15.6 Å². The maximum Gasteiger partial charge on any atom is 0.411 e. The predicted molar refractivity (Wildman–Crippen MR) is 287 cm³/mol. The summed E-state index contributed by atoms with van der Waals surface area (Å²) in [6, 6.07) is 17.2. The molecule has 17 nitrogen and oxygen atoms in total. The van der Waals surface area contributed by atoms with E-state index in [0.29, 0.717) is 47.4 Å². The van der Waals surface area contributed by atoms with Gasteiger partial charge in [-0.3, -0.25) is 34.5 Å². The highest BCUT2D eigenvalue weighted by Crippen LogP contribution is 2.33. The lowest BCUT2D eigenvalue weighted by Gasteiger charge is -2.35. The first kappa shape index (κ1) is 53.5.